The van der Waals surface area contributed by atoms with Crippen molar-refractivity contribution in [3.8, 4) is 5.75 Å². The molecule has 0 saturated heterocycles. The fraction of sp³-hybridized carbons (Fsp3) is 0.294. The lowest BCUT2D eigenvalue weighted by atomic mass is 10.1. The van der Waals surface area contributed by atoms with Crippen LogP contribution in [0.1, 0.15) is 16.7 Å². The quantitative estimate of drug-likeness (QED) is 0.839. The fourth-order valence-electron chi connectivity index (χ4n) is 2.15. The maximum Gasteiger partial charge on any atom is 0.119 e. The van der Waals surface area contributed by atoms with Gasteiger partial charge < -0.3 is 14.8 Å². The Balaban J connectivity index is 1.92. The second kappa shape index (κ2) is 7.68. The first-order chi connectivity index (χ1) is 9.83. The highest BCUT2D eigenvalue weighted by atomic mass is 16.5. The first kappa shape index (κ1) is 14.6. The van der Waals surface area contributed by atoms with Crippen LogP contribution in [0.25, 0.3) is 0 Å². The molecule has 0 radical (unpaired) electrons. The number of hydrogen-bond donors (Lipinski definition) is 1. The van der Waals surface area contributed by atoms with Gasteiger partial charge in [0.2, 0.25) is 0 Å². The molecule has 0 atom stereocenters. The van der Waals surface area contributed by atoms with Gasteiger partial charge in [0, 0.05) is 20.2 Å². The molecule has 0 bridgehead atoms. The summed E-state index contributed by atoms with van der Waals surface area (Å²) in [4.78, 5) is 0. The summed E-state index contributed by atoms with van der Waals surface area (Å²) in [5.74, 6) is 0.893. The molecule has 1 N–H and O–H groups in total. The van der Waals surface area contributed by atoms with Crippen LogP contribution in [0.4, 0.5) is 0 Å². The highest BCUT2D eigenvalue weighted by Crippen LogP contribution is 2.13. The number of rotatable bonds is 7. The van der Waals surface area contributed by atoms with Gasteiger partial charge in [-0.2, -0.15) is 0 Å². The van der Waals surface area contributed by atoms with Crippen molar-refractivity contribution in [2.45, 2.75) is 19.7 Å². The van der Waals surface area contributed by atoms with Crippen molar-refractivity contribution < 1.29 is 9.47 Å². The Morgan fingerprint density at radius 3 is 2.45 bits per heavy atom. The Morgan fingerprint density at radius 2 is 1.70 bits per heavy atom. The smallest absolute Gasteiger partial charge is 0.119 e. The van der Waals surface area contributed by atoms with Crippen molar-refractivity contribution >= 4 is 0 Å². The molecule has 0 spiro atoms. The van der Waals surface area contributed by atoms with Crippen molar-refractivity contribution in [1.82, 2.24) is 5.32 Å². The summed E-state index contributed by atoms with van der Waals surface area (Å²) in [6, 6.07) is 16.4. The molecule has 2 aromatic rings. The minimum Gasteiger partial charge on any atom is -0.497 e. The first-order valence-corrected chi connectivity index (χ1v) is 6.73. The minimum absolute atomic E-state index is 0.650. The van der Waals surface area contributed by atoms with Gasteiger partial charge in [0.05, 0.1) is 13.7 Å². The molecule has 0 aromatic heterocycles. The van der Waals surface area contributed by atoms with Crippen molar-refractivity contribution in [1.29, 1.82) is 0 Å². The van der Waals surface area contributed by atoms with Gasteiger partial charge in [-0.25, -0.2) is 0 Å². The molecule has 0 amide bonds. The molecule has 3 heteroatoms. The summed E-state index contributed by atoms with van der Waals surface area (Å²) in [6.07, 6.45) is 0. The average molecular weight is 271 g/mol. The van der Waals surface area contributed by atoms with E-state index >= 15 is 0 Å². The molecule has 0 unspecified atom stereocenters. The van der Waals surface area contributed by atoms with Crippen LogP contribution in [-0.4, -0.2) is 14.2 Å². The average Bonchev–Trinajstić information content (AvgIpc) is 2.49. The summed E-state index contributed by atoms with van der Waals surface area (Å²) in [5.41, 5.74) is 3.72. The van der Waals surface area contributed by atoms with Gasteiger partial charge in [0.25, 0.3) is 0 Å². The van der Waals surface area contributed by atoms with Crippen molar-refractivity contribution in [2.24, 2.45) is 0 Å². The molecule has 20 heavy (non-hydrogen) atoms. The van der Waals surface area contributed by atoms with Gasteiger partial charge in [-0.15, -0.1) is 0 Å². The number of methoxy groups -OCH3 is 2. The van der Waals surface area contributed by atoms with E-state index in [0.29, 0.717) is 6.61 Å². The van der Waals surface area contributed by atoms with Gasteiger partial charge in [0.15, 0.2) is 0 Å². The van der Waals surface area contributed by atoms with Crippen molar-refractivity contribution in [2.75, 3.05) is 14.2 Å². The molecule has 2 aromatic carbocycles. The molecule has 3 nitrogen and oxygen atoms in total. The normalized spacial score (nSPS) is 10.5. The second-order valence-corrected chi connectivity index (χ2v) is 4.66. The van der Waals surface area contributed by atoms with E-state index in [-0.39, 0.29) is 0 Å². The van der Waals surface area contributed by atoms with E-state index in [9.17, 15) is 0 Å². The summed E-state index contributed by atoms with van der Waals surface area (Å²) in [6.45, 7) is 2.30. The molecule has 0 aliphatic heterocycles. The van der Waals surface area contributed by atoms with Crippen LogP contribution in [0.3, 0.4) is 0 Å². The van der Waals surface area contributed by atoms with E-state index in [1.165, 1.54) is 16.7 Å². The third-order valence-corrected chi connectivity index (χ3v) is 3.20. The zero-order valence-corrected chi connectivity index (χ0v) is 12.1. The molecule has 106 valence electrons. The van der Waals surface area contributed by atoms with Gasteiger partial charge >= 0.3 is 0 Å². The fourth-order valence-corrected chi connectivity index (χ4v) is 2.15. The Labute approximate surface area is 120 Å². The Bertz CT molecular complexity index is 540. The first-order valence-electron chi connectivity index (χ1n) is 6.73. The highest BCUT2D eigenvalue weighted by Gasteiger charge is 2.01. The Hall–Kier alpha value is -1.84. The van der Waals surface area contributed by atoms with Crippen LogP contribution >= 0.6 is 0 Å². The van der Waals surface area contributed by atoms with E-state index in [4.69, 9.17) is 9.47 Å². The minimum atomic E-state index is 0.650. The summed E-state index contributed by atoms with van der Waals surface area (Å²) >= 11 is 0. The summed E-state index contributed by atoms with van der Waals surface area (Å²) in [7, 11) is 3.41. The van der Waals surface area contributed by atoms with E-state index in [1.807, 2.05) is 24.3 Å². The SMILES string of the molecule is COCc1ccccc1CNCc1cccc(OC)c1. The van der Waals surface area contributed by atoms with Gasteiger partial charge in [-0.3, -0.25) is 0 Å². The van der Waals surface area contributed by atoms with Crippen molar-refractivity contribution in [3.05, 3.63) is 65.2 Å². The predicted molar refractivity (Wildman–Crippen MR) is 80.7 cm³/mol. The lowest BCUT2D eigenvalue weighted by Crippen LogP contribution is -2.14. The number of benzene rings is 2. The van der Waals surface area contributed by atoms with Crippen molar-refractivity contribution in [3.63, 3.8) is 0 Å². The van der Waals surface area contributed by atoms with Gasteiger partial charge in [-0.05, 0) is 28.8 Å². The van der Waals surface area contributed by atoms with Crippen LogP contribution in [0.5, 0.6) is 5.75 Å². The topological polar surface area (TPSA) is 30.5 Å². The molecule has 0 aliphatic carbocycles. The van der Waals surface area contributed by atoms with Crippen LogP contribution in [-0.2, 0) is 24.4 Å². The lowest BCUT2D eigenvalue weighted by Gasteiger charge is -2.10. The molecule has 0 saturated carbocycles. The van der Waals surface area contributed by atoms with E-state index in [2.05, 4.69) is 29.6 Å². The monoisotopic (exact) mass is 271 g/mol. The Kier molecular flexibility index (Phi) is 5.59. The molecule has 0 aliphatic rings. The zero-order valence-electron chi connectivity index (χ0n) is 12.1. The lowest BCUT2D eigenvalue weighted by molar-refractivity contribution is 0.184. The standard InChI is InChI=1S/C17H21NO2/c1-19-13-16-8-4-3-7-15(16)12-18-11-14-6-5-9-17(10-14)20-2/h3-10,18H,11-13H2,1-2H3. The van der Waals surface area contributed by atoms with E-state index in [0.717, 1.165) is 18.8 Å². The Morgan fingerprint density at radius 1 is 0.900 bits per heavy atom. The number of hydrogen-bond acceptors (Lipinski definition) is 3. The molecule has 2 rings (SSSR count). The van der Waals surface area contributed by atoms with Crippen LogP contribution in [0, 0.1) is 0 Å². The molecular weight excluding hydrogens is 250 g/mol. The van der Waals surface area contributed by atoms with Gasteiger partial charge in [-0.1, -0.05) is 36.4 Å². The predicted octanol–water partition coefficient (Wildman–Crippen LogP) is 3.13. The maximum absolute atomic E-state index is 5.23. The van der Waals surface area contributed by atoms with Gasteiger partial charge in [0.1, 0.15) is 5.75 Å². The third-order valence-electron chi connectivity index (χ3n) is 3.20. The molecule has 0 heterocycles. The second-order valence-electron chi connectivity index (χ2n) is 4.66. The maximum atomic E-state index is 5.23. The number of ether oxygens (including phenoxy) is 2. The summed E-state index contributed by atoms with van der Waals surface area (Å²) < 4.78 is 10.4. The largest absolute Gasteiger partial charge is 0.497 e. The zero-order chi connectivity index (χ0) is 14.2. The van der Waals surface area contributed by atoms with Crippen LogP contribution in [0.15, 0.2) is 48.5 Å². The molecular formula is C17H21NO2. The molecule has 0 fully saturated rings. The van der Waals surface area contributed by atoms with Crippen LogP contribution in [0.2, 0.25) is 0 Å². The number of nitrogens with one attached hydrogen (secondary N) is 1. The third kappa shape index (κ3) is 4.08. The van der Waals surface area contributed by atoms with E-state index in [1.54, 1.807) is 14.2 Å². The summed E-state index contributed by atoms with van der Waals surface area (Å²) in [5, 5.41) is 3.46. The van der Waals surface area contributed by atoms with E-state index < -0.39 is 0 Å². The highest BCUT2D eigenvalue weighted by molar-refractivity contribution is 5.29. The van der Waals surface area contributed by atoms with Crippen LogP contribution < -0.4 is 10.1 Å².